The Bertz CT molecular complexity index is 473. The van der Waals surface area contributed by atoms with Crippen LogP contribution in [0.5, 0.6) is 0 Å². The Morgan fingerprint density at radius 1 is 1.32 bits per heavy atom. The SMILES string of the molecule is CC(C)NC(=O)C(Cl)c1ccc(F)c(C(F)(F)F)c1. The Labute approximate surface area is 112 Å². The summed E-state index contributed by atoms with van der Waals surface area (Å²) in [5.41, 5.74) is -1.54. The third-order valence-electron chi connectivity index (χ3n) is 2.25. The largest absolute Gasteiger partial charge is 0.419 e. The van der Waals surface area contributed by atoms with Gasteiger partial charge in [0.25, 0.3) is 0 Å². The summed E-state index contributed by atoms with van der Waals surface area (Å²) in [6.07, 6.45) is -4.83. The highest BCUT2D eigenvalue weighted by Gasteiger charge is 2.35. The highest BCUT2D eigenvalue weighted by molar-refractivity contribution is 6.30. The van der Waals surface area contributed by atoms with Gasteiger partial charge in [-0.15, -0.1) is 11.6 Å². The minimum atomic E-state index is -4.83. The second kappa shape index (κ2) is 5.77. The highest BCUT2D eigenvalue weighted by Crippen LogP contribution is 2.34. The van der Waals surface area contributed by atoms with Gasteiger partial charge in [0, 0.05) is 6.04 Å². The molecule has 7 heteroatoms. The number of rotatable bonds is 3. The average molecular weight is 298 g/mol. The topological polar surface area (TPSA) is 29.1 Å². The first-order valence-electron chi connectivity index (χ1n) is 5.44. The molecule has 1 atom stereocenters. The number of carbonyl (C=O) groups is 1. The van der Waals surface area contributed by atoms with Crippen molar-refractivity contribution in [2.75, 3.05) is 0 Å². The molecule has 0 aliphatic heterocycles. The Hall–Kier alpha value is -1.30. The molecular formula is C12H12ClF4NO. The summed E-state index contributed by atoms with van der Waals surface area (Å²) < 4.78 is 50.6. The molecular weight excluding hydrogens is 286 g/mol. The average Bonchev–Trinajstić information content (AvgIpc) is 2.26. The number of benzene rings is 1. The van der Waals surface area contributed by atoms with Crippen LogP contribution in [0.2, 0.25) is 0 Å². The van der Waals surface area contributed by atoms with Crippen LogP contribution in [0.1, 0.15) is 30.4 Å². The number of hydrogen-bond donors (Lipinski definition) is 1. The van der Waals surface area contributed by atoms with Gasteiger partial charge >= 0.3 is 6.18 Å². The van der Waals surface area contributed by atoms with Gasteiger partial charge in [0.1, 0.15) is 11.2 Å². The zero-order chi connectivity index (χ0) is 14.8. The second-order valence-corrected chi connectivity index (χ2v) is 4.70. The van der Waals surface area contributed by atoms with Crippen molar-refractivity contribution in [3.05, 3.63) is 35.1 Å². The Balaban J connectivity index is 3.06. The van der Waals surface area contributed by atoms with Gasteiger partial charge in [-0.25, -0.2) is 4.39 Å². The molecule has 0 radical (unpaired) electrons. The fraction of sp³-hybridized carbons (Fsp3) is 0.417. The van der Waals surface area contributed by atoms with Gasteiger partial charge in [0.2, 0.25) is 5.91 Å². The monoisotopic (exact) mass is 297 g/mol. The number of alkyl halides is 4. The van der Waals surface area contributed by atoms with Crippen LogP contribution < -0.4 is 5.32 Å². The summed E-state index contributed by atoms with van der Waals surface area (Å²) in [6.45, 7) is 3.38. The molecule has 0 bridgehead atoms. The van der Waals surface area contributed by atoms with Crippen molar-refractivity contribution >= 4 is 17.5 Å². The number of halogens is 5. The molecule has 0 spiro atoms. The van der Waals surface area contributed by atoms with Crippen molar-refractivity contribution < 1.29 is 22.4 Å². The summed E-state index contributed by atoms with van der Waals surface area (Å²) in [5.74, 6) is -2.03. The van der Waals surface area contributed by atoms with E-state index in [0.29, 0.717) is 12.1 Å². The molecule has 1 N–H and O–H groups in total. The molecule has 106 valence electrons. The first kappa shape index (κ1) is 15.8. The Kier molecular flexibility index (Phi) is 4.79. The molecule has 1 aromatic rings. The molecule has 1 amide bonds. The fourth-order valence-corrected chi connectivity index (χ4v) is 1.63. The van der Waals surface area contributed by atoms with Crippen molar-refractivity contribution in [3.63, 3.8) is 0 Å². The number of hydrogen-bond acceptors (Lipinski definition) is 1. The molecule has 1 rings (SSSR count). The van der Waals surface area contributed by atoms with Crippen LogP contribution in [0.15, 0.2) is 18.2 Å². The molecule has 0 aromatic heterocycles. The van der Waals surface area contributed by atoms with Crippen molar-refractivity contribution in [3.8, 4) is 0 Å². The van der Waals surface area contributed by atoms with Crippen molar-refractivity contribution in [1.29, 1.82) is 0 Å². The zero-order valence-electron chi connectivity index (χ0n) is 10.2. The third kappa shape index (κ3) is 4.09. The van der Waals surface area contributed by atoms with E-state index < -0.39 is 28.8 Å². The molecule has 1 aromatic carbocycles. The zero-order valence-corrected chi connectivity index (χ0v) is 10.9. The van der Waals surface area contributed by atoms with Crippen LogP contribution in [0.4, 0.5) is 17.6 Å². The van der Waals surface area contributed by atoms with E-state index in [1.54, 1.807) is 13.8 Å². The van der Waals surface area contributed by atoms with Crippen LogP contribution in [-0.2, 0) is 11.0 Å². The minimum Gasteiger partial charge on any atom is -0.352 e. The normalized spacial score (nSPS) is 13.5. The predicted molar refractivity (Wildman–Crippen MR) is 63.3 cm³/mol. The van der Waals surface area contributed by atoms with E-state index >= 15 is 0 Å². The Morgan fingerprint density at radius 3 is 2.37 bits per heavy atom. The van der Waals surface area contributed by atoms with Gasteiger partial charge in [0.15, 0.2) is 0 Å². The molecule has 0 aliphatic carbocycles. The molecule has 0 fully saturated rings. The first-order valence-corrected chi connectivity index (χ1v) is 5.87. The van der Waals surface area contributed by atoms with Crippen molar-refractivity contribution in [1.82, 2.24) is 5.32 Å². The predicted octanol–water partition coefficient (Wildman–Crippen LogP) is 3.65. The van der Waals surface area contributed by atoms with Gasteiger partial charge < -0.3 is 5.32 Å². The molecule has 0 saturated heterocycles. The molecule has 2 nitrogen and oxygen atoms in total. The molecule has 0 saturated carbocycles. The molecule has 0 aliphatic rings. The lowest BCUT2D eigenvalue weighted by Crippen LogP contribution is -2.32. The summed E-state index contributed by atoms with van der Waals surface area (Å²) in [5, 5.41) is 1.17. The van der Waals surface area contributed by atoms with E-state index in [2.05, 4.69) is 5.32 Å². The van der Waals surface area contributed by atoms with Crippen LogP contribution in [0, 0.1) is 5.82 Å². The highest BCUT2D eigenvalue weighted by atomic mass is 35.5. The van der Waals surface area contributed by atoms with Gasteiger partial charge in [-0.2, -0.15) is 13.2 Å². The smallest absolute Gasteiger partial charge is 0.352 e. The first-order chi connectivity index (χ1) is 8.62. The van der Waals surface area contributed by atoms with Gasteiger partial charge in [0.05, 0.1) is 5.56 Å². The lowest BCUT2D eigenvalue weighted by atomic mass is 10.1. The Morgan fingerprint density at radius 2 is 1.89 bits per heavy atom. The fourth-order valence-electron chi connectivity index (χ4n) is 1.43. The third-order valence-corrected chi connectivity index (χ3v) is 2.70. The van der Waals surface area contributed by atoms with E-state index in [1.807, 2.05) is 0 Å². The number of nitrogens with one attached hydrogen (secondary N) is 1. The van der Waals surface area contributed by atoms with Crippen molar-refractivity contribution in [2.24, 2.45) is 0 Å². The number of amides is 1. The standard InChI is InChI=1S/C12H12ClF4NO/c1-6(2)18-11(19)10(13)7-3-4-9(14)8(5-7)12(15,16)17/h3-6,10H,1-2H3,(H,18,19). The van der Waals surface area contributed by atoms with E-state index in [4.69, 9.17) is 11.6 Å². The minimum absolute atomic E-state index is 0.103. The van der Waals surface area contributed by atoms with Gasteiger partial charge in [-0.1, -0.05) is 6.07 Å². The van der Waals surface area contributed by atoms with Crippen LogP contribution in [0.25, 0.3) is 0 Å². The lowest BCUT2D eigenvalue weighted by molar-refractivity contribution is -0.140. The maximum Gasteiger partial charge on any atom is 0.419 e. The van der Waals surface area contributed by atoms with E-state index in [9.17, 15) is 22.4 Å². The summed E-state index contributed by atoms with van der Waals surface area (Å²) >= 11 is 5.77. The summed E-state index contributed by atoms with van der Waals surface area (Å²) in [7, 11) is 0. The van der Waals surface area contributed by atoms with E-state index in [-0.39, 0.29) is 11.6 Å². The van der Waals surface area contributed by atoms with Gasteiger partial charge in [-0.3, -0.25) is 4.79 Å². The second-order valence-electron chi connectivity index (χ2n) is 4.26. The van der Waals surface area contributed by atoms with Crippen LogP contribution >= 0.6 is 11.6 Å². The summed E-state index contributed by atoms with van der Waals surface area (Å²) in [6, 6.07) is 2.06. The van der Waals surface area contributed by atoms with Crippen LogP contribution in [0.3, 0.4) is 0 Å². The molecule has 1 unspecified atom stereocenters. The molecule has 0 heterocycles. The van der Waals surface area contributed by atoms with Gasteiger partial charge in [-0.05, 0) is 31.5 Å². The maximum absolute atomic E-state index is 13.1. The quantitative estimate of drug-likeness (QED) is 0.670. The molecule has 19 heavy (non-hydrogen) atoms. The number of carbonyl (C=O) groups excluding carboxylic acids is 1. The maximum atomic E-state index is 13.1. The van der Waals surface area contributed by atoms with Crippen molar-refractivity contribution in [2.45, 2.75) is 31.4 Å². The lowest BCUT2D eigenvalue weighted by Gasteiger charge is -2.15. The summed E-state index contributed by atoms with van der Waals surface area (Å²) in [4.78, 5) is 11.6. The van der Waals surface area contributed by atoms with Crippen LogP contribution in [-0.4, -0.2) is 11.9 Å². The van der Waals surface area contributed by atoms with E-state index in [0.717, 1.165) is 6.07 Å². The van der Waals surface area contributed by atoms with E-state index in [1.165, 1.54) is 0 Å².